The quantitative estimate of drug-likeness (QED) is 0.668. The molecule has 2 rings (SSSR count). The van der Waals surface area contributed by atoms with Gasteiger partial charge in [-0.1, -0.05) is 30.1 Å². The lowest BCUT2D eigenvalue weighted by atomic mass is 9.99. The molecule has 22 heavy (non-hydrogen) atoms. The third-order valence-corrected chi connectivity index (χ3v) is 4.41. The number of nitrogens with one attached hydrogen (secondary N) is 1. The monoisotopic (exact) mass is 337 g/mol. The van der Waals surface area contributed by atoms with Crippen LogP contribution in [0.1, 0.15) is 19.8 Å². The van der Waals surface area contributed by atoms with Crippen molar-refractivity contribution in [1.82, 2.24) is 4.90 Å². The number of carbonyl (C=O) groups is 1. The summed E-state index contributed by atoms with van der Waals surface area (Å²) in [5.74, 6) is 0.250. The number of amides is 1. The van der Waals surface area contributed by atoms with E-state index < -0.39 is 5.91 Å². The Labute approximate surface area is 140 Å². The minimum Gasteiger partial charge on any atom is -0.376 e. The van der Waals surface area contributed by atoms with Gasteiger partial charge in [-0.2, -0.15) is 5.26 Å². The van der Waals surface area contributed by atoms with Crippen molar-refractivity contribution in [1.29, 1.82) is 5.26 Å². The van der Waals surface area contributed by atoms with E-state index >= 15 is 0 Å². The number of benzene rings is 1. The highest BCUT2D eigenvalue weighted by molar-refractivity contribution is 6.42. The summed E-state index contributed by atoms with van der Waals surface area (Å²) < 4.78 is 0. The molecular formula is C16H17Cl2N3O. The van der Waals surface area contributed by atoms with Crippen molar-refractivity contribution in [2.45, 2.75) is 19.8 Å². The first-order chi connectivity index (χ1) is 10.5. The molecule has 0 atom stereocenters. The van der Waals surface area contributed by atoms with Gasteiger partial charge in [0, 0.05) is 25.0 Å². The molecule has 1 fully saturated rings. The number of halogens is 2. The van der Waals surface area contributed by atoms with E-state index in [9.17, 15) is 10.1 Å². The highest BCUT2D eigenvalue weighted by Crippen LogP contribution is 2.25. The van der Waals surface area contributed by atoms with E-state index in [-0.39, 0.29) is 5.57 Å². The lowest BCUT2D eigenvalue weighted by Crippen LogP contribution is -2.29. The summed E-state index contributed by atoms with van der Waals surface area (Å²) in [5, 5.41) is 12.6. The van der Waals surface area contributed by atoms with E-state index in [1.807, 2.05) is 11.0 Å². The Morgan fingerprint density at radius 2 is 2.05 bits per heavy atom. The molecule has 0 aliphatic carbocycles. The Morgan fingerprint density at radius 3 is 2.64 bits per heavy atom. The Morgan fingerprint density at radius 1 is 1.36 bits per heavy atom. The van der Waals surface area contributed by atoms with Gasteiger partial charge < -0.3 is 10.2 Å². The zero-order valence-corrected chi connectivity index (χ0v) is 13.8. The van der Waals surface area contributed by atoms with Crippen LogP contribution in [0.25, 0.3) is 0 Å². The van der Waals surface area contributed by atoms with Gasteiger partial charge in [-0.25, -0.2) is 0 Å². The lowest BCUT2D eigenvalue weighted by Gasteiger charge is -2.29. The number of carbonyl (C=O) groups excluding carboxylic acids is 1. The first-order valence-electron chi connectivity index (χ1n) is 7.12. The summed E-state index contributed by atoms with van der Waals surface area (Å²) in [6.45, 7) is 3.95. The molecule has 1 aliphatic rings. The van der Waals surface area contributed by atoms with Crippen molar-refractivity contribution < 1.29 is 4.79 Å². The van der Waals surface area contributed by atoms with Gasteiger partial charge in [0.1, 0.15) is 11.6 Å². The van der Waals surface area contributed by atoms with Crippen LogP contribution < -0.4 is 5.32 Å². The van der Waals surface area contributed by atoms with Crippen LogP contribution in [0.5, 0.6) is 0 Å². The normalized spacial score (nSPS) is 16.3. The zero-order chi connectivity index (χ0) is 16.1. The molecule has 1 aliphatic heterocycles. The summed E-state index contributed by atoms with van der Waals surface area (Å²) in [4.78, 5) is 14.2. The highest BCUT2D eigenvalue weighted by atomic mass is 35.5. The fourth-order valence-electron chi connectivity index (χ4n) is 2.25. The molecule has 0 saturated carbocycles. The molecule has 0 unspecified atom stereocenters. The Kier molecular flexibility index (Phi) is 5.70. The van der Waals surface area contributed by atoms with Crippen LogP contribution in [0.2, 0.25) is 10.0 Å². The predicted octanol–water partition coefficient (Wildman–Crippen LogP) is 4.07. The number of rotatable bonds is 3. The van der Waals surface area contributed by atoms with Gasteiger partial charge in [-0.15, -0.1) is 0 Å². The summed E-state index contributed by atoms with van der Waals surface area (Å²) in [6.07, 6.45) is 3.78. The largest absolute Gasteiger partial charge is 0.376 e. The third-order valence-electron chi connectivity index (χ3n) is 3.67. The molecule has 0 bridgehead atoms. The van der Waals surface area contributed by atoms with Gasteiger partial charge >= 0.3 is 0 Å². The maximum absolute atomic E-state index is 12.2. The molecule has 1 N–H and O–H groups in total. The fourth-order valence-corrected chi connectivity index (χ4v) is 2.55. The van der Waals surface area contributed by atoms with Gasteiger partial charge in [0.2, 0.25) is 0 Å². The number of hydrogen-bond acceptors (Lipinski definition) is 3. The number of nitrogens with zero attached hydrogens (tertiary/aromatic N) is 2. The van der Waals surface area contributed by atoms with Gasteiger partial charge in [-0.05, 0) is 37.0 Å². The average molecular weight is 338 g/mol. The standard InChI is InChI=1S/C16H17Cl2N3O/c1-11-4-6-21(7-5-11)10-12(9-19)16(22)20-13-2-3-14(17)15(18)8-13/h2-3,8,10-11H,4-7H2,1H3,(H,20,22)/b12-10-. The van der Waals surface area contributed by atoms with Crippen LogP contribution >= 0.6 is 23.2 Å². The SMILES string of the molecule is CC1CCN(/C=C(/C#N)C(=O)Nc2ccc(Cl)c(Cl)c2)CC1. The molecule has 1 aromatic rings. The van der Waals surface area contributed by atoms with Crippen LogP contribution in [0.15, 0.2) is 30.0 Å². The fraction of sp³-hybridized carbons (Fsp3) is 0.375. The second-order valence-electron chi connectivity index (χ2n) is 5.46. The van der Waals surface area contributed by atoms with Crippen LogP contribution in [0, 0.1) is 17.2 Å². The van der Waals surface area contributed by atoms with Gasteiger partial charge in [0.25, 0.3) is 5.91 Å². The molecule has 0 spiro atoms. The number of nitriles is 1. The Balaban J connectivity index is 2.05. The third kappa shape index (κ3) is 4.40. The second kappa shape index (κ2) is 7.53. The lowest BCUT2D eigenvalue weighted by molar-refractivity contribution is -0.112. The minimum absolute atomic E-state index is 0.0839. The summed E-state index contributed by atoms with van der Waals surface area (Å²) in [5.41, 5.74) is 0.591. The first kappa shape index (κ1) is 16.7. The van der Waals surface area contributed by atoms with E-state index in [2.05, 4.69) is 12.2 Å². The van der Waals surface area contributed by atoms with E-state index in [1.165, 1.54) is 0 Å². The number of likely N-dealkylation sites (tertiary alicyclic amines) is 1. The topological polar surface area (TPSA) is 56.1 Å². The molecule has 4 nitrogen and oxygen atoms in total. The molecule has 0 radical (unpaired) electrons. The van der Waals surface area contributed by atoms with E-state index in [0.29, 0.717) is 21.7 Å². The molecule has 116 valence electrons. The van der Waals surface area contributed by atoms with Crippen molar-refractivity contribution in [2.75, 3.05) is 18.4 Å². The number of anilines is 1. The Bertz CT molecular complexity index is 629. The summed E-state index contributed by atoms with van der Waals surface area (Å²) in [7, 11) is 0. The molecule has 1 heterocycles. The van der Waals surface area contributed by atoms with Crippen LogP contribution in [0.4, 0.5) is 5.69 Å². The van der Waals surface area contributed by atoms with Gasteiger partial charge in [0.15, 0.2) is 0 Å². The van der Waals surface area contributed by atoms with Crippen molar-refractivity contribution >= 4 is 34.8 Å². The maximum Gasteiger partial charge on any atom is 0.267 e. The minimum atomic E-state index is -0.445. The Hall–Kier alpha value is -1.70. The smallest absolute Gasteiger partial charge is 0.267 e. The molecule has 1 amide bonds. The van der Waals surface area contributed by atoms with E-state index in [1.54, 1.807) is 24.4 Å². The number of piperidine rings is 1. The highest BCUT2D eigenvalue weighted by Gasteiger charge is 2.16. The second-order valence-corrected chi connectivity index (χ2v) is 6.27. The number of hydrogen-bond donors (Lipinski definition) is 1. The summed E-state index contributed by atoms with van der Waals surface area (Å²) >= 11 is 11.7. The molecule has 1 saturated heterocycles. The molecule has 6 heteroatoms. The average Bonchev–Trinajstić information content (AvgIpc) is 2.50. The van der Waals surface area contributed by atoms with Crippen molar-refractivity contribution in [2.24, 2.45) is 5.92 Å². The summed E-state index contributed by atoms with van der Waals surface area (Å²) in [6, 6.07) is 6.75. The van der Waals surface area contributed by atoms with E-state index in [4.69, 9.17) is 23.2 Å². The van der Waals surface area contributed by atoms with E-state index in [0.717, 1.165) is 25.9 Å². The zero-order valence-electron chi connectivity index (χ0n) is 12.3. The predicted molar refractivity (Wildman–Crippen MR) is 88.8 cm³/mol. The van der Waals surface area contributed by atoms with Crippen LogP contribution in [-0.4, -0.2) is 23.9 Å². The van der Waals surface area contributed by atoms with Crippen molar-refractivity contribution in [3.05, 3.63) is 40.0 Å². The molecular weight excluding hydrogens is 321 g/mol. The van der Waals surface area contributed by atoms with Crippen molar-refractivity contribution in [3.63, 3.8) is 0 Å². The first-order valence-corrected chi connectivity index (χ1v) is 7.87. The molecule has 0 aromatic heterocycles. The van der Waals surface area contributed by atoms with Gasteiger partial charge in [-0.3, -0.25) is 4.79 Å². The van der Waals surface area contributed by atoms with Gasteiger partial charge in [0.05, 0.1) is 10.0 Å². The van der Waals surface area contributed by atoms with Crippen LogP contribution in [0.3, 0.4) is 0 Å². The van der Waals surface area contributed by atoms with Crippen molar-refractivity contribution in [3.8, 4) is 6.07 Å². The maximum atomic E-state index is 12.2. The molecule has 1 aromatic carbocycles. The van der Waals surface area contributed by atoms with Crippen LogP contribution in [-0.2, 0) is 4.79 Å².